The molecule has 2 fully saturated rings. The Bertz CT molecular complexity index is 775. The van der Waals surface area contributed by atoms with Crippen molar-refractivity contribution in [2.75, 3.05) is 44.8 Å². The summed E-state index contributed by atoms with van der Waals surface area (Å²) in [5.41, 5.74) is 1.87. The van der Waals surface area contributed by atoms with Gasteiger partial charge in [-0.2, -0.15) is 0 Å². The van der Waals surface area contributed by atoms with Gasteiger partial charge in [-0.25, -0.2) is 9.97 Å². The van der Waals surface area contributed by atoms with Crippen molar-refractivity contribution in [3.05, 3.63) is 18.3 Å². The third-order valence-electron chi connectivity index (χ3n) is 5.69. The van der Waals surface area contributed by atoms with E-state index in [1.807, 2.05) is 37.3 Å². The summed E-state index contributed by atoms with van der Waals surface area (Å²) in [6, 6.07) is 3.93. The lowest BCUT2D eigenvalue weighted by atomic mass is 9.96. The standard InChI is InChI=1S/C19H27N5O2/c1-22(18(25)15-7-11-26-13-15)12-14-5-9-24(10-6-14)19-21-16-4-3-8-20-17(16)23(19)2/h3-4,8,14-15H,5-7,9-13H2,1-2H3. The molecule has 2 aliphatic heterocycles. The van der Waals surface area contributed by atoms with E-state index in [1.165, 1.54) is 0 Å². The van der Waals surface area contributed by atoms with E-state index >= 15 is 0 Å². The molecule has 0 N–H and O–H groups in total. The fourth-order valence-corrected chi connectivity index (χ4v) is 4.13. The minimum absolute atomic E-state index is 0.0626. The second-order valence-corrected chi connectivity index (χ2v) is 7.53. The van der Waals surface area contributed by atoms with Crippen LogP contribution in [0.5, 0.6) is 0 Å². The molecule has 7 nitrogen and oxygen atoms in total. The van der Waals surface area contributed by atoms with Gasteiger partial charge in [0.2, 0.25) is 11.9 Å². The summed E-state index contributed by atoms with van der Waals surface area (Å²) in [5.74, 6) is 1.85. The highest BCUT2D eigenvalue weighted by Crippen LogP contribution is 2.26. The average Bonchev–Trinajstić information content (AvgIpc) is 3.31. The summed E-state index contributed by atoms with van der Waals surface area (Å²) < 4.78 is 7.42. The van der Waals surface area contributed by atoms with E-state index in [0.717, 1.165) is 62.6 Å². The van der Waals surface area contributed by atoms with Gasteiger partial charge in [0, 0.05) is 46.5 Å². The number of amides is 1. The Morgan fingerprint density at radius 3 is 2.85 bits per heavy atom. The predicted octanol–water partition coefficient (Wildman–Crippen LogP) is 1.68. The molecule has 7 heteroatoms. The van der Waals surface area contributed by atoms with Gasteiger partial charge < -0.3 is 14.5 Å². The molecule has 0 saturated carbocycles. The smallest absolute Gasteiger partial charge is 0.227 e. The zero-order valence-electron chi connectivity index (χ0n) is 15.6. The number of rotatable bonds is 4. The van der Waals surface area contributed by atoms with Crippen molar-refractivity contribution < 1.29 is 9.53 Å². The largest absolute Gasteiger partial charge is 0.381 e. The Morgan fingerprint density at radius 1 is 1.35 bits per heavy atom. The second-order valence-electron chi connectivity index (χ2n) is 7.53. The number of hydrogen-bond acceptors (Lipinski definition) is 5. The minimum atomic E-state index is 0.0626. The average molecular weight is 357 g/mol. The van der Waals surface area contributed by atoms with Crippen LogP contribution in [0, 0.1) is 11.8 Å². The maximum absolute atomic E-state index is 12.5. The number of hydrogen-bond donors (Lipinski definition) is 0. The van der Waals surface area contributed by atoms with Crippen LogP contribution in [0.2, 0.25) is 0 Å². The molecule has 0 aromatic carbocycles. The normalized spacial score (nSPS) is 21.5. The van der Waals surface area contributed by atoms with Crippen LogP contribution in [0.4, 0.5) is 5.95 Å². The summed E-state index contributed by atoms with van der Waals surface area (Å²) in [4.78, 5) is 25.9. The molecule has 0 bridgehead atoms. The van der Waals surface area contributed by atoms with Gasteiger partial charge in [-0.15, -0.1) is 0 Å². The number of nitrogens with zero attached hydrogens (tertiary/aromatic N) is 5. The molecule has 2 aromatic rings. The molecule has 1 unspecified atom stereocenters. The molecule has 26 heavy (non-hydrogen) atoms. The number of aromatic nitrogens is 3. The van der Waals surface area contributed by atoms with Gasteiger partial charge in [0.05, 0.1) is 12.5 Å². The molecule has 2 saturated heterocycles. The lowest BCUT2D eigenvalue weighted by Crippen LogP contribution is -2.41. The number of anilines is 1. The highest BCUT2D eigenvalue weighted by molar-refractivity contribution is 5.79. The zero-order valence-corrected chi connectivity index (χ0v) is 15.6. The number of carbonyl (C=O) groups excluding carboxylic acids is 1. The van der Waals surface area contributed by atoms with Crippen molar-refractivity contribution >= 4 is 23.0 Å². The molecule has 2 aromatic heterocycles. The van der Waals surface area contributed by atoms with E-state index in [4.69, 9.17) is 9.72 Å². The van der Waals surface area contributed by atoms with Crippen molar-refractivity contribution in [1.82, 2.24) is 19.4 Å². The Hall–Kier alpha value is -2.15. The molecule has 4 rings (SSSR count). The third-order valence-corrected chi connectivity index (χ3v) is 5.69. The fourth-order valence-electron chi connectivity index (χ4n) is 4.13. The van der Waals surface area contributed by atoms with Crippen LogP contribution in [0.3, 0.4) is 0 Å². The Balaban J connectivity index is 1.35. The molecule has 0 radical (unpaired) electrons. The van der Waals surface area contributed by atoms with Crippen molar-refractivity contribution in [2.24, 2.45) is 18.9 Å². The van der Waals surface area contributed by atoms with E-state index in [9.17, 15) is 4.79 Å². The van der Waals surface area contributed by atoms with Gasteiger partial charge in [0.15, 0.2) is 5.65 Å². The Morgan fingerprint density at radius 2 is 2.15 bits per heavy atom. The summed E-state index contributed by atoms with van der Waals surface area (Å²) >= 11 is 0. The number of ether oxygens (including phenoxy) is 1. The van der Waals surface area contributed by atoms with E-state index in [0.29, 0.717) is 12.5 Å². The third kappa shape index (κ3) is 3.28. The van der Waals surface area contributed by atoms with Crippen molar-refractivity contribution in [2.45, 2.75) is 19.3 Å². The summed E-state index contributed by atoms with van der Waals surface area (Å²) in [7, 11) is 3.96. The fraction of sp³-hybridized carbons (Fsp3) is 0.632. The SMILES string of the molecule is CN(CC1CCN(c2nc3cccnc3n2C)CC1)C(=O)C1CCOC1. The molecule has 2 aliphatic rings. The predicted molar refractivity (Wildman–Crippen MR) is 100 cm³/mol. The van der Waals surface area contributed by atoms with Gasteiger partial charge in [-0.1, -0.05) is 0 Å². The number of imidazole rings is 1. The molecule has 1 atom stereocenters. The quantitative estimate of drug-likeness (QED) is 0.833. The monoisotopic (exact) mass is 357 g/mol. The van der Waals surface area contributed by atoms with Crippen LogP contribution < -0.4 is 4.90 Å². The second kappa shape index (κ2) is 7.23. The number of fused-ring (bicyclic) bond motifs is 1. The topological polar surface area (TPSA) is 63.5 Å². The first kappa shape index (κ1) is 17.3. The lowest BCUT2D eigenvalue weighted by molar-refractivity contribution is -0.134. The number of pyridine rings is 1. The van der Waals surface area contributed by atoms with Crippen molar-refractivity contribution in [1.29, 1.82) is 0 Å². The van der Waals surface area contributed by atoms with Crippen LogP contribution in [0.1, 0.15) is 19.3 Å². The maximum Gasteiger partial charge on any atom is 0.227 e. The first-order valence-electron chi connectivity index (χ1n) is 9.48. The maximum atomic E-state index is 12.5. The van der Waals surface area contributed by atoms with E-state index < -0.39 is 0 Å². The number of aryl methyl sites for hydroxylation is 1. The first-order valence-corrected chi connectivity index (χ1v) is 9.48. The molecular weight excluding hydrogens is 330 g/mol. The van der Waals surface area contributed by atoms with Crippen LogP contribution in [0.25, 0.3) is 11.2 Å². The van der Waals surface area contributed by atoms with Gasteiger partial charge in [-0.05, 0) is 37.3 Å². The molecule has 140 valence electrons. The van der Waals surface area contributed by atoms with Crippen LogP contribution in [-0.4, -0.2) is 65.2 Å². The summed E-state index contributed by atoms with van der Waals surface area (Å²) in [6.45, 7) is 4.08. The van der Waals surface area contributed by atoms with E-state index in [2.05, 4.69) is 14.5 Å². The summed E-state index contributed by atoms with van der Waals surface area (Å²) in [5, 5.41) is 0. The van der Waals surface area contributed by atoms with Gasteiger partial charge >= 0.3 is 0 Å². The zero-order chi connectivity index (χ0) is 18.1. The number of carbonyl (C=O) groups is 1. The molecular formula is C19H27N5O2. The molecule has 4 heterocycles. The Labute approximate surface area is 153 Å². The van der Waals surface area contributed by atoms with Crippen molar-refractivity contribution in [3.8, 4) is 0 Å². The minimum Gasteiger partial charge on any atom is -0.381 e. The molecule has 1 amide bonds. The van der Waals surface area contributed by atoms with E-state index in [-0.39, 0.29) is 11.8 Å². The number of piperidine rings is 1. The van der Waals surface area contributed by atoms with Crippen molar-refractivity contribution in [3.63, 3.8) is 0 Å². The lowest BCUT2D eigenvalue weighted by Gasteiger charge is -2.34. The van der Waals surface area contributed by atoms with Gasteiger partial charge in [-0.3, -0.25) is 9.36 Å². The summed E-state index contributed by atoms with van der Waals surface area (Å²) in [6.07, 6.45) is 4.83. The highest BCUT2D eigenvalue weighted by atomic mass is 16.5. The molecule has 0 spiro atoms. The molecule has 0 aliphatic carbocycles. The van der Waals surface area contributed by atoms with Crippen LogP contribution in [0.15, 0.2) is 18.3 Å². The van der Waals surface area contributed by atoms with Crippen LogP contribution in [-0.2, 0) is 16.6 Å². The van der Waals surface area contributed by atoms with Crippen LogP contribution >= 0.6 is 0 Å². The first-order chi connectivity index (χ1) is 12.6. The Kier molecular flexibility index (Phi) is 4.80. The highest BCUT2D eigenvalue weighted by Gasteiger charge is 2.29. The van der Waals surface area contributed by atoms with Gasteiger partial charge in [0.1, 0.15) is 5.52 Å². The van der Waals surface area contributed by atoms with Gasteiger partial charge in [0.25, 0.3) is 0 Å². The van der Waals surface area contributed by atoms with E-state index in [1.54, 1.807) is 0 Å².